The number of hydrogen-bond donors (Lipinski definition) is 0. The fourth-order valence-electron chi connectivity index (χ4n) is 0.486. The summed E-state index contributed by atoms with van der Waals surface area (Å²) < 4.78 is 9.68. The van der Waals surface area contributed by atoms with Crippen molar-refractivity contribution in [2.24, 2.45) is 0 Å². The molecular formula is C6H9NO2. The lowest BCUT2D eigenvalue weighted by atomic mass is 10.5. The van der Waals surface area contributed by atoms with Gasteiger partial charge in [0.1, 0.15) is 6.20 Å². The molecule has 0 amide bonds. The number of rotatable bonds is 3. The molecule has 3 heteroatoms. The van der Waals surface area contributed by atoms with Crippen molar-refractivity contribution in [3.63, 3.8) is 0 Å². The van der Waals surface area contributed by atoms with Crippen LogP contribution in [0.25, 0.3) is 0 Å². The fraction of sp³-hybridized carbons (Fsp3) is 0.500. The van der Waals surface area contributed by atoms with Crippen LogP contribution in [0.3, 0.4) is 0 Å². The largest absolute Gasteiger partial charge is 0.489 e. The van der Waals surface area contributed by atoms with E-state index < -0.39 is 0 Å². The van der Waals surface area contributed by atoms with Gasteiger partial charge in [-0.15, -0.1) is 0 Å². The maximum atomic E-state index is 5.14. The quantitative estimate of drug-likeness (QED) is 0.616. The summed E-state index contributed by atoms with van der Waals surface area (Å²) in [5.74, 6) is 0.705. The first kappa shape index (κ1) is 6.13. The van der Waals surface area contributed by atoms with E-state index in [1.165, 1.54) is 6.26 Å². The number of nitrogens with zero attached hydrogens (tertiary/aromatic N) is 1. The summed E-state index contributed by atoms with van der Waals surface area (Å²) in [7, 11) is 0. The normalized spacial score (nSPS) is 9.44. The van der Waals surface area contributed by atoms with Gasteiger partial charge in [0.15, 0.2) is 12.0 Å². The molecular weight excluding hydrogens is 118 g/mol. The Morgan fingerprint density at radius 1 is 1.78 bits per heavy atom. The van der Waals surface area contributed by atoms with Gasteiger partial charge in [0.05, 0.1) is 6.61 Å². The first-order valence-corrected chi connectivity index (χ1v) is 2.95. The molecule has 0 radical (unpaired) electrons. The average Bonchev–Trinajstić information content (AvgIpc) is 2.34. The highest BCUT2D eigenvalue weighted by molar-refractivity contribution is 5.07. The van der Waals surface area contributed by atoms with E-state index in [0.717, 1.165) is 13.0 Å². The van der Waals surface area contributed by atoms with Crippen molar-refractivity contribution in [3.05, 3.63) is 12.5 Å². The highest BCUT2D eigenvalue weighted by Gasteiger charge is 1.91. The molecule has 9 heavy (non-hydrogen) atoms. The third-order valence-electron chi connectivity index (χ3n) is 0.883. The lowest BCUT2D eigenvalue weighted by molar-refractivity contribution is 0.312. The van der Waals surface area contributed by atoms with Crippen LogP contribution in [0.1, 0.15) is 13.3 Å². The molecule has 0 aliphatic rings. The van der Waals surface area contributed by atoms with E-state index in [1.807, 2.05) is 6.92 Å². The van der Waals surface area contributed by atoms with Gasteiger partial charge in [-0.25, -0.2) is 0 Å². The molecule has 0 aliphatic carbocycles. The summed E-state index contributed by atoms with van der Waals surface area (Å²) >= 11 is 0. The molecule has 0 saturated heterocycles. The second kappa shape index (κ2) is 3.12. The van der Waals surface area contributed by atoms with Crippen LogP contribution in [0.2, 0.25) is 0 Å². The molecule has 0 N–H and O–H groups in total. The summed E-state index contributed by atoms with van der Waals surface area (Å²) in [6.07, 6.45) is 4.04. The van der Waals surface area contributed by atoms with Crippen molar-refractivity contribution in [1.29, 1.82) is 0 Å². The SMILES string of the molecule is CCCOc1cnoc1. The Kier molecular flexibility index (Phi) is 2.13. The highest BCUT2D eigenvalue weighted by Crippen LogP contribution is 2.06. The summed E-state index contributed by atoms with van der Waals surface area (Å²) in [6, 6.07) is 0. The van der Waals surface area contributed by atoms with Crippen LogP contribution in [0.4, 0.5) is 0 Å². The Morgan fingerprint density at radius 2 is 2.67 bits per heavy atom. The summed E-state index contributed by atoms with van der Waals surface area (Å²) in [6.45, 7) is 2.77. The highest BCUT2D eigenvalue weighted by atomic mass is 16.5. The van der Waals surface area contributed by atoms with Crippen molar-refractivity contribution in [3.8, 4) is 5.75 Å². The zero-order valence-electron chi connectivity index (χ0n) is 5.33. The molecule has 1 aromatic heterocycles. The molecule has 0 saturated carbocycles. The van der Waals surface area contributed by atoms with Crippen LogP contribution in [0, 0.1) is 0 Å². The second-order valence-corrected chi connectivity index (χ2v) is 1.71. The van der Waals surface area contributed by atoms with Crippen LogP contribution in [-0.4, -0.2) is 11.8 Å². The van der Waals surface area contributed by atoms with Gasteiger partial charge in [0.25, 0.3) is 0 Å². The van der Waals surface area contributed by atoms with Crippen molar-refractivity contribution in [2.45, 2.75) is 13.3 Å². The maximum Gasteiger partial charge on any atom is 0.178 e. The third kappa shape index (κ3) is 1.76. The molecule has 1 rings (SSSR count). The minimum atomic E-state index is 0.705. The van der Waals surface area contributed by atoms with E-state index in [-0.39, 0.29) is 0 Å². The number of ether oxygens (including phenoxy) is 1. The van der Waals surface area contributed by atoms with Crippen LogP contribution in [-0.2, 0) is 0 Å². The number of hydrogen-bond acceptors (Lipinski definition) is 3. The molecule has 0 atom stereocenters. The Hall–Kier alpha value is -0.990. The van der Waals surface area contributed by atoms with E-state index in [1.54, 1.807) is 6.20 Å². The minimum absolute atomic E-state index is 0.705. The molecule has 50 valence electrons. The van der Waals surface area contributed by atoms with Crippen LogP contribution >= 0.6 is 0 Å². The van der Waals surface area contributed by atoms with Gasteiger partial charge in [-0.3, -0.25) is 0 Å². The Bertz CT molecular complexity index is 148. The topological polar surface area (TPSA) is 35.3 Å². The molecule has 0 aromatic carbocycles. The van der Waals surface area contributed by atoms with Gasteiger partial charge < -0.3 is 9.26 Å². The summed E-state index contributed by atoms with van der Waals surface area (Å²) in [5, 5.41) is 3.48. The second-order valence-electron chi connectivity index (χ2n) is 1.71. The average molecular weight is 127 g/mol. The third-order valence-corrected chi connectivity index (χ3v) is 0.883. The smallest absolute Gasteiger partial charge is 0.178 e. The minimum Gasteiger partial charge on any atom is -0.489 e. The Labute approximate surface area is 53.6 Å². The first-order valence-electron chi connectivity index (χ1n) is 2.95. The molecule has 1 aromatic rings. The van der Waals surface area contributed by atoms with Crippen LogP contribution in [0.5, 0.6) is 5.75 Å². The zero-order chi connectivity index (χ0) is 6.53. The van der Waals surface area contributed by atoms with E-state index in [9.17, 15) is 0 Å². The predicted molar refractivity (Wildman–Crippen MR) is 32.3 cm³/mol. The first-order chi connectivity index (χ1) is 4.43. The van der Waals surface area contributed by atoms with Crippen molar-refractivity contribution in [1.82, 2.24) is 5.16 Å². The van der Waals surface area contributed by atoms with Gasteiger partial charge >= 0.3 is 0 Å². The molecule has 0 bridgehead atoms. The standard InChI is InChI=1S/C6H9NO2/c1-2-3-8-6-4-7-9-5-6/h4-5H,2-3H2,1H3. The number of aromatic nitrogens is 1. The fourth-order valence-corrected chi connectivity index (χ4v) is 0.486. The van der Waals surface area contributed by atoms with Crippen molar-refractivity contribution in [2.75, 3.05) is 6.61 Å². The monoisotopic (exact) mass is 127 g/mol. The summed E-state index contributed by atoms with van der Waals surface area (Å²) in [4.78, 5) is 0. The zero-order valence-corrected chi connectivity index (χ0v) is 5.33. The van der Waals surface area contributed by atoms with E-state index in [2.05, 4.69) is 9.68 Å². The lowest BCUT2D eigenvalue weighted by Gasteiger charge is -1.95. The lowest BCUT2D eigenvalue weighted by Crippen LogP contribution is -1.92. The predicted octanol–water partition coefficient (Wildman–Crippen LogP) is 1.46. The molecule has 0 fully saturated rings. The summed E-state index contributed by atoms with van der Waals surface area (Å²) in [5.41, 5.74) is 0. The molecule has 0 unspecified atom stereocenters. The van der Waals surface area contributed by atoms with E-state index >= 15 is 0 Å². The van der Waals surface area contributed by atoms with Crippen molar-refractivity contribution >= 4 is 0 Å². The maximum absolute atomic E-state index is 5.14. The van der Waals surface area contributed by atoms with Gasteiger partial charge in [-0.2, -0.15) is 0 Å². The van der Waals surface area contributed by atoms with Crippen molar-refractivity contribution < 1.29 is 9.26 Å². The van der Waals surface area contributed by atoms with Crippen LogP contribution in [0.15, 0.2) is 17.0 Å². The Balaban J connectivity index is 2.30. The van der Waals surface area contributed by atoms with Crippen LogP contribution < -0.4 is 4.74 Å². The molecule has 0 spiro atoms. The van der Waals surface area contributed by atoms with E-state index in [0.29, 0.717) is 5.75 Å². The van der Waals surface area contributed by atoms with Gasteiger partial charge in [0, 0.05) is 0 Å². The Morgan fingerprint density at radius 3 is 3.22 bits per heavy atom. The molecule has 1 heterocycles. The van der Waals surface area contributed by atoms with E-state index in [4.69, 9.17) is 4.74 Å². The molecule has 0 aliphatic heterocycles. The van der Waals surface area contributed by atoms with Gasteiger partial charge in [-0.05, 0) is 6.42 Å². The van der Waals surface area contributed by atoms with Gasteiger partial charge in [0.2, 0.25) is 0 Å². The van der Waals surface area contributed by atoms with Gasteiger partial charge in [-0.1, -0.05) is 12.1 Å². The molecule has 3 nitrogen and oxygen atoms in total.